The standard InChI is InChI=1S/C13H16FN3/c1-10(12-5-3-4-6-13(12)14)17-9-16-8-11(17)7-15-2/h3-6,8-10,15H,7H2,1-2H3. The summed E-state index contributed by atoms with van der Waals surface area (Å²) in [6.45, 7) is 2.69. The lowest BCUT2D eigenvalue weighted by Crippen LogP contribution is -2.15. The SMILES string of the molecule is CNCc1cncn1C(C)c1ccccc1F. The molecule has 0 aliphatic rings. The normalized spacial score (nSPS) is 12.6. The van der Waals surface area contributed by atoms with Crippen molar-refractivity contribution >= 4 is 0 Å². The molecule has 0 saturated carbocycles. The van der Waals surface area contributed by atoms with Crippen LogP contribution in [0.1, 0.15) is 24.2 Å². The fourth-order valence-electron chi connectivity index (χ4n) is 1.96. The molecule has 0 fully saturated rings. The molecule has 1 aromatic heterocycles. The van der Waals surface area contributed by atoms with Crippen LogP contribution < -0.4 is 5.32 Å². The minimum atomic E-state index is -0.177. The van der Waals surface area contributed by atoms with Crippen LogP contribution in [0.15, 0.2) is 36.8 Å². The molecule has 0 radical (unpaired) electrons. The van der Waals surface area contributed by atoms with E-state index in [9.17, 15) is 4.39 Å². The molecule has 0 aliphatic heterocycles. The first-order valence-electron chi connectivity index (χ1n) is 5.63. The maximum absolute atomic E-state index is 13.7. The Kier molecular flexibility index (Phi) is 3.54. The van der Waals surface area contributed by atoms with Gasteiger partial charge in [0.1, 0.15) is 5.82 Å². The van der Waals surface area contributed by atoms with Crippen molar-refractivity contribution in [1.29, 1.82) is 0 Å². The van der Waals surface area contributed by atoms with Crippen molar-refractivity contribution in [2.75, 3.05) is 7.05 Å². The maximum atomic E-state index is 13.7. The summed E-state index contributed by atoms with van der Waals surface area (Å²) in [5.74, 6) is -0.177. The summed E-state index contributed by atoms with van der Waals surface area (Å²) >= 11 is 0. The summed E-state index contributed by atoms with van der Waals surface area (Å²) in [6.07, 6.45) is 3.54. The number of imidazole rings is 1. The van der Waals surface area contributed by atoms with E-state index in [4.69, 9.17) is 0 Å². The van der Waals surface area contributed by atoms with Gasteiger partial charge in [0.25, 0.3) is 0 Å². The molecule has 1 aromatic carbocycles. The van der Waals surface area contributed by atoms with Crippen LogP contribution in [0.2, 0.25) is 0 Å². The third kappa shape index (κ3) is 2.36. The summed E-state index contributed by atoms with van der Waals surface area (Å²) in [7, 11) is 1.88. The lowest BCUT2D eigenvalue weighted by atomic mass is 10.1. The Hall–Kier alpha value is -1.68. The van der Waals surface area contributed by atoms with Crippen molar-refractivity contribution in [3.63, 3.8) is 0 Å². The van der Waals surface area contributed by atoms with Gasteiger partial charge >= 0.3 is 0 Å². The van der Waals surface area contributed by atoms with Gasteiger partial charge in [-0.15, -0.1) is 0 Å². The van der Waals surface area contributed by atoms with Gasteiger partial charge in [-0.3, -0.25) is 0 Å². The first-order valence-corrected chi connectivity index (χ1v) is 5.63. The second-order valence-corrected chi connectivity index (χ2v) is 4.02. The number of nitrogens with zero attached hydrogens (tertiary/aromatic N) is 2. The van der Waals surface area contributed by atoms with Gasteiger partial charge in [0.15, 0.2) is 0 Å². The number of rotatable bonds is 4. The predicted octanol–water partition coefficient (Wildman–Crippen LogP) is 2.35. The maximum Gasteiger partial charge on any atom is 0.128 e. The third-order valence-corrected chi connectivity index (χ3v) is 2.88. The second kappa shape index (κ2) is 5.10. The molecule has 1 N–H and O–H groups in total. The average Bonchev–Trinajstić information content (AvgIpc) is 2.78. The van der Waals surface area contributed by atoms with E-state index in [0.717, 1.165) is 12.2 Å². The number of halogens is 1. The predicted molar refractivity (Wildman–Crippen MR) is 65.2 cm³/mol. The molecule has 17 heavy (non-hydrogen) atoms. The smallest absolute Gasteiger partial charge is 0.128 e. The lowest BCUT2D eigenvalue weighted by molar-refractivity contribution is 0.541. The van der Waals surface area contributed by atoms with E-state index < -0.39 is 0 Å². The second-order valence-electron chi connectivity index (χ2n) is 4.02. The van der Waals surface area contributed by atoms with Gasteiger partial charge in [-0.2, -0.15) is 0 Å². The molecule has 1 unspecified atom stereocenters. The molecule has 2 aromatic rings. The van der Waals surface area contributed by atoms with Gasteiger partial charge in [-0.25, -0.2) is 9.37 Å². The van der Waals surface area contributed by atoms with Crippen molar-refractivity contribution in [1.82, 2.24) is 14.9 Å². The summed E-state index contributed by atoms with van der Waals surface area (Å²) in [5, 5.41) is 3.08. The molecule has 1 heterocycles. The van der Waals surface area contributed by atoms with Gasteiger partial charge in [-0.1, -0.05) is 18.2 Å². The van der Waals surface area contributed by atoms with E-state index in [1.54, 1.807) is 18.6 Å². The molecule has 4 heteroatoms. The Labute approximate surface area is 100 Å². The average molecular weight is 233 g/mol. The third-order valence-electron chi connectivity index (χ3n) is 2.88. The van der Waals surface area contributed by atoms with Crippen molar-refractivity contribution in [3.05, 3.63) is 53.9 Å². The molecule has 1 atom stereocenters. The van der Waals surface area contributed by atoms with Crippen molar-refractivity contribution in [2.45, 2.75) is 19.5 Å². The zero-order chi connectivity index (χ0) is 12.3. The monoisotopic (exact) mass is 233 g/mol. The molecule has 0 spiro atoms. The minimum Gasteiger partial charge on any atom is -0.326 e. The van der Waals surface area contributed by atoms with E-state index >= 15 is 0 Å². The molecular weight excluding hydrogens is 217 g/mol. The molecule has 3 nitrogen and oxygen atoms in total. The first kappa shape index (κ1) is 11.8. The van der Waals surface area contributed by atoms with E-state index in [2.05, 4.69) is 10.3 Å². The zero-order valence-electron chi connectivity index (χ0n) is 10.0. The van der Waals surface area contributed by atoms with Crippen molar-refractivity contribution in [2.24, 2.45) is 0 Å². The summed E-state index contributed by atoms with van der Waals surface area (Å²) in [6, 6.07) is 6.79. The Morgan fingerprint density at radius 1 is 1.41 bits per heavy atom. The van der Waals surface area contributed by atoms with E-state index in [1.165, 1.54) is 6.07 Å². The summed E-state index contributed by atoms with van der Waals surface area (Å²) < 4.78 is 15.7. The summed E-state index contributed by atoms with van der Waals surface area (Å²) in [5.41, 5.74) is 1.73. The molecule has 0 aliphatic carbocycles. The fraction of sp³-hybridized carbons (Fsp3) is 0.308. The number of nitrogens with one attached hydrogen (secondary N) is 1. The molecule has 0 amide bonds. The van der Waals surface area contributed by atoms with Crippen LogP contribution in [0.3, 0.4) is 0 Å². The molecular formula is C13H16FN3. The quantitative estimate of drug-likeness (QED) is 0.878. The van der Waals surface area contributed by atoms with Gasteiger partial charge in [-0.05, 0) is 20.0 Å². The van der Waals surface area contributed by atoms with Crippen LogP contribution in [-0.4, -0.2) is 16.6 Å². The molecule has 0 saturated heterocycles. The number of hydrogen-bond acceptors (Lipinski definition) is 2. The largest absolute Gasteiger partial charge is 0.326 e. The van der Waals surface area contributed by atoms with Crippen molar-refractivity contribution < 1.29 is 4.39 Å². The van der Waals surface area contributed by atoms with Crippen LogP contribution in [0.4, 0.5) is 4.39 Å². The van der Waals surface area contributed by atoms with E-state index in [0.29, 0.717) is 5.56 Å². The van der Waals surface area contributed by atoms with E-state index in [1.807, 2.05) is 30.7 Å². The molecule has 0 bridgehead atoms. The van der Waals surface area contributed by atoms with Gasteiger partial charge in [0.2, 0.25) is 0 Å². The van der Waals surface area contributed by atoms with Crippen LogP contribution in [0.25, 0.3) is 0 Å². The highest BCUT2D eigenvalue weighted by Gasteiger charge is 2.14. The summed E-state index contributed by atoms with van der Waals surface area (Å²) in [4.78, 5) is 4.12. The number of aromatic nitrogens is 2. The van der Waals surface area contributed by atoms with Gasteiger partial charge in [0.05, 0.1) is 18.1 Å². The highest BCUT2D eigenvalue weighted by Crippen LogP contribution is 2.22. The number of benzene rings is 1. The zero-order valence-corrected chi connectivity index (χ0v) is 10.0. The molecule has 90 valence electrons. The van der Waals surface area contributed by atoms with Gasteiger partial charge < -0.3 is 9.88 Å². The van der Waals surface area contributed by atoms with Crippen LogP contribution in [0, 0.1) is 5.82 Å². The van der Waals surface area contributed by atoms with Gasteiger partial charge in [0, 0.05) is 18.3 Å². The lowest BCUT2D eigenvalue weighted by Gasteiger charge is -2.17. The Morgan fingerprint density at radius 2 is 2.18 bits per heavy atom. The topological polar surface area (TPSA) is 29.9 Å². The minimum absolute atomic E-state index is 0.0537. The number of hydrogen-bond donors (Lipinski definition) is 1. The van der Waals surface area contributed by atoms with Crippen molar-refractivity contribution in [3.8, 4) is 0 Å². The fourth-order valence-corrected chi connectivity index (χ4v) is 1.96. The van der Waals surface area contributed by atoms with Crippen LogP contribution >= 0.6 is 0 Å². The molecule has 2 rings (SSSR count). The Bertz CT molecular complexity index is 493. The first-order chi connectivity index (χ1) is 8.24. The highest BCUT2D eigenvalue weighted by atomic mass is 19.1. The van der Waals surface area contributed by atoms with Crippen LogP contribution in [-0.2, 0) is 6.54 Å². The van der Waals surface area contributed by atoms with E-state index in [-0.39, 0.29) is 11.9 Å². The Balaban J connectivity index is 2.34. The highest BCUT2D eigenvalue weighted by molar-refractivity contribution is 5.22. The Morgan fingerprint density at radius 3 is 2.88 bits per heavy atom. The van der Waals surface area contributed by atoms with Crippen LogP contribution in [0.5, 0.6) is 0 Å².